The van der Waals surface area contributed by atoms with Gasteiger partial charge in [0.2, 0.25) is 5.95 Å². The van der Waals surface area contributed by atoms with Crippen LogP contribution in [0.5, 0.6) is 0 Å². The summed E-state index contributed by atoms with van der Waals surface area (Å²) < 4.78 is 17.2. The molecular weight excluding hydrogens is 445 g/mol. The van der Waals surface area contributed by atoms with Crippen molar-refractivity contribution in [2.45, 2.75) is 64.1 Å². The Hall–Kier alpha value is -3.20. The maximum Gasteiger partial charge on any atom is 0.261 e. The highest BCUT2D eigenvalue weighted by atomic mass is 19.1. The summed E-state index contributed by atoms with van der Waals surface area (Å²) in [7, 11) is 2.01. The number of aromatic nitrogens is 4. The number of anilines is 2. The van der Waals surface area contributed by atoms with Crippen LogP contribution < -0.4 is 10.9 Å². The van der Waals surface area contributed by atoms with E-state index in [2.05, 4.69) is 20.2 Å². The number of pyridine rings is 2. The second kappa shape index (κ2) is 9.11. The molecule has 2 N–H and O–H groups in total. The first kappa shape index (κ1) is 23.5. The van der Waals surface area contributed by atoms with Crippen LogP contribution in [0.3, 0.4) is 0 Å². The van der Waals surface area contributed by atoms with Gasteiger partial charge >= 0.3 is 0 Å². The van der Waals surface area contributed by atoms with Gasteiger partial charge in [-0.3, -0.25) is 9.36 Å². The number of piperidine rings is 1. The molecule has 1 aliphatic heterocycles. The zero-order valence-corrected chi connectivity index (χ0v) is 20.6. The van der Waals surface area contributed by atoms with Gasteiger partial charge in [-0.1, -0.05) is 18.9 Å². The highest BCUT2D eigenvalue weighted by Crippen LogP contribution is 2.37. The lowest BCUT2D eigenvalue weighted by Gasteiger charge is -2.34. The number of halogens is 1. The number of aryl methyl sites for hydroxylation is 1. The van der Waals surface area contributed by atoms with Gasteiger partial charge in [0.05, 0.1) is 5.56 Å². The maximum atomic E-state index is 15.4. The van der Waals surface area contributed by atoms with E-state index < -0.39 is 5.67 Å². The van der Waals surface area contributed by atoms with Crippen molar-refractivity contribution < 1.29 is 4.39 Å². The smallest absolute Gasteiger partial charge is 0.261 e. The Morgan fingerprint density at radius 1 is 1.17 bits per heavy atom. The molecule has 0 aromatic carbocycles. The molecule has 1 saturated heterocycles. The van der Waals surface area contributed by atoms with E-state index in [1.807, 2.05) is 14.0 Å². The molecule has 0 spiro atoms. The second-order valence-corrected chi connectivity index (χ2v) is 10.00. The SMILES string of the molecule is CC(=N)c1c(C)c2cnc(Nc3ccc(C4(F)CCN(C)CC4)cn3)nc2n(C2CCCC2)c1=O. The van der Waals surface area contributed by atoms with Gasteiger partial charge in [-0.25, -0.2) is 14.4 Å². The molecule has 8 nitrogen and oxygen atoms in total. The summed E-state index contributed by atoms with van der Waals surface area (Å²) in [6.07, 6.45) is 8.21. The van der Waals surface area contributed by atoms with Crippen molar-refractivity contribution in [2.75, 3.05) is 25.5 Å². The number of likely N-dealkylation sites (tertiary alicyclic amines) is 1. The molecular formula is C26H32FN7O. The van der Waals surface area contributed by atoms with E-state index in [9.17, 15) is 4.79 Å². The third-order valence-corrected chi connectivity index (χ3v) is 7.57. The van der Waals surface area contributed by atoms with Crippen molar-refractivity contribution >= 4 is 28.5 Å². The standard InChI is InChI=1S/C26H32FN7O/c1-16-20-15-30-25(31-21-9-8-18(14-29-21)26(27)10-12-33(3)13-11-26)32-23(20)34(19-6-4-5-7-19)24(35)22(16)17(2)28/h8-9,14-15,19,28H,4-7,10-13H2,1-3H3,(H,29,30,31,32). The first-order valence-electron chi connectivity index (χ1n) is 12.4. The average Bonchev–Trinajstić information content (AvgIpc) is 3.36. The van der Waals surface area contributed by atoms with Crippen LogP contribution >= 0.6 is 0 Å². The van der Waals surface area contributed by atoms with Crippen LogP contribution in [0.15, 0.2) is 29.3 Å². The van der Waals surface area contributed by atoms with Gasteiger partial charge in [0.15, 0.2) is 0 Å². The van der Waals surface area contributed by atoms with Crippen LogP contribution in [0.2, 0.25) is 0 Å². The molecule has 9 heteroatoms. The summed E-state index contributed by atoms with van der Waals surface area (Å²) in [6.45, 7) is 4.95. The van der Waals surface area contributed by atoms with Gasteiger partial charge in [-0.05, 0) is 58.2 Å². The van der Waals surface area contributed by atoms with Crippen molar-refractivity contribution in [1.29, 1.82) is 5.41 Å². The summed E-state index contributed by atoms with van der Waals surface area (Å²) in [4.78, 5) is 29.2. The van der Waals surface area contributed by atoms with Crippen LogP contribution in [0.4, 0.5) is 16.2 Å². The minimum absolute atomic E-state index is 0.0686. The fourth-order valence-corrected chi connectivity index (χ4v) is 5.44. The van der Waals surface area contributed by atoms with Gasteiger partial charge in [0.25, 0.3) is 5.56 Å². The largest absolute Gasteiger partial charge is 0.309 e. The van der Waals surface area contributed by atoms with E-state index in [1.165, 1.54) is 0 Å². The first-order chi connectivity index (χ1) is 16.8. The molecule has 0 amide bonds. The minimum atomic E-state index is -1.35. The average molecular weight is 478 g/mol. The van der Waals surface area contributed by atoms with Gasteiger partial charge in [0.1, 0.15) is 17.1 Å². The topological polar surface area (TPSA) is 99.8 Å². The Labute approximate surface area is 204 Å². The highest BCUT2D eigenvalue weighted by molar-refractivity contribution is 6.01. The summed E-state index contributed by atoms with van der Waals surface area (Å²) in [6, 6.07) is 3.60. The maximum absolute atomic E-state index is 15.4. The number of rotatable bonds is 5. The summed E-state index contributed by atoms with van der Waals surface area (Å²) in [5, 5.41) is 12.1. The van der Waals surface area contributed by atoms with Gasteiger partial charge in [-0.15, -0.1) is 0 Å². The number of alkyl halides is 1. The van der Waals surface area contributed by atoms with E-state index in [-0.39, 0.29) is 17.3 Å². The Morgan fingerprint density at radius 2 is 1.89 bits per heavy atom. The molecule has 3 aromatic rings. The Morgan fingerprint density at radius 3 is 2.51 bits per heavy atom. The van der Waals surface area contributed by atoms with Crippen LogP contribution in [0.25, 0.3) is 11.0 Å². The summed E-state index contributed by atoms with van der Waals surface area (Å²) in [5.41, 5.74) is 1.07. The molecule has 2 fully saturated rings. The van der Waals surface area contributed by atoms with Crippen molar-refractivity contribution in [3.8, 4) is 0 Å². The van der Waals surface area contributed by atoms with Gasteiger partial charge in [-0.2, -0.15) is 4.98 Å². The predicted molar refractivity (Wildman–Crippen MR) is 136 cm³/mol. The van der Waals surface area contributed by atoms with Crippen LogP contribution in [-0.4, -0.2) is 50.3 Å². The number of nitrogens with zero attached hydrogens (tertiary/aromatic N) is 5. The van der Waals surface area contributed by atoms with E-state index in [0.29, 0.717) is 41.4 Å². The van der Waals surface area contributed by atoms with E-state index >= 15 is 4.39 Å². The molecule has 0 unspecified atom stereocenters. The van der Waals surface area contributed by atoms with Crippen LogP contribution in [0, 0.1) is 12.3 Å². The van der Waals surface area contributed by atoms with Crippen LogP contribution in [-0.2, 0) is 5.67 Å². The van der Waals surface area contributed by atoms with Crippen molar-refractivity contribution in [3.05, 3.63) is 51.6 Å². The third kappa shape index (κ3) is 4.33. The lowest BCUT2D eigenvalue weighted by Crippen LogP contribution is -2.38. The van der Waals surface area contributed by atoms with E-state index in [0.717, 1.165) is 49.7 Å². The van der Waals surface area contributed by atoms with Gasteiger partial charge in [0, 0.05) is 48.2 Å². The predicted octanol–water partition coefficient (Wildman–Crippen LogP) is 4.63. The number of fused-ring (bicyclic) bond motifs is 1. The lowest BCUT2D eigenvalue weighted by atomic mass is 9.87. The quantitative estimate of drug-likeness (QED) is 0.520. The molecule has 184 valence electrons. The Balaban J connectivity index is 1.49. The van der Waals surface area contributed by atoms with E-state index in [1.54, 1.807) is 36.0 Å². The molecule has 2 aliphatic rings. The fourth-order valence-electron chi connectivity index (χ4n) is 5.44. The number of nitrogens with one attached hydrogen (secondary N) is 2. The minimum Gasteiger partial charge on any atom is -0.309 e. The molecule has 0 radical (unpaired) electrons. The highest BCUT2D eigenvalue weighted by Gasteiger charge is 2.35. The Kier molecular flexibility index (Phi) is 6.13. The lowest BCUT2D eigenvalue weighted by molar-refractivity contribution is 0.0671. The zero-order valence-electron chi connectivity index (χ0n) is 20.6. The molecule has 5 rings (SSSR count). The van der Waals surface area contributed by atoms with Crippen molar-refractivity contribution in [2.24, 2.45) is 0 Å². The number of hydrogen-bond acceptors (Lipinski definition) is 7. The van der Waals surface area contributed by atoms with Crippen molar-refractivity contribution in [1.82, 2.24) is 24.4 Å². The second-order valence-electron chi connectivity index (χ2n) is 10.00. The monoisotopic (exact) mass is 477 g/mol. The molecule has 1 saturated carbocycles. The molecule has 3 aromatic heterocycles. The molecule has 1 aliphatic carbocycles. The molecule has 4 heterocycles. The molecule has 35 heavy (non-hydrogen) atoms. The fraction of sp³-hybridized carbons (Fsp3) is 0.500. The van der Waals surface area contributed by atoms with Gasteiger partial charge < -0.3 is 15.6 Å². The number of hydrogen-bond donors (Lipinski definition) is 2. The van der Waals surface area contributed by atoms with Crippen LogP contribution in [0.1, 0.15) is 68.2 Å². The molecule has 0 bridgehead atoms. The van der Waals surface area contributed by atoms with E-state index in [4.69, 9.17) is 10.4 Å². The van der Waals surface area contributed by atoms with Crippen molar-refractivity contribution in [3.63, 3.8) is 0 Å². The summed E-state index contributed by atoms with van der Waals surface area (Å²) >= 11 is 0. The normalized spacial score (nSPS) is 18.7. The molecule has 0 atom stereocenters. The summed E-state index contributed by atoms with van der Waals surface area (Å²) in [5.74, 6) is 0.847. The third-order valence-electron chi connectivity index (χ3n) is 7.57. The first-order valence-corrected chi connectivity index (χ1v) is 12.4. The zero-order chi connectivity index (χ0) is 24.7. The Bertz CT molecular complexity index is 1320.